The lowest BCUT2D eigenvalue weighted by Crippen LogP contribution is -2.02. The van der Waals surface area contributed by atoms with E-state index in [1.165, 1.54) is 0 Å². The van der Waals surface area contributed by atoms with Gasteiger partial charge in [-0.25, -0.2) is 15.0 Å². The Morgan fingerprint density at radius 3 is 1.35 bits per heavy atom. The van der Waals surface area contributed by atoms with Crippen LogP contribution in [0.5, 0.6) is 23.0 Å². The van der Waals surface area contributed by atoms with Crippen LogP contribution in [0.15, 0.2) is 205 Å². The number of fused-ring (bicyclic) bond motifs is 11. The fourth-order valence-electron chi connectivity index (χ4n) is 9.64. The summed E-state index contributed by atoms with van der Waals surface area (Å²) in [6, 6.07) is 68.5. The van der Waals surface area contributed by atoms with Crippen LogP contribution in [0.2, 0.25) is 0 Å². The first-order chi connectivity index (χ1) is 32.2. The quantitative estimate of drug-likeness (QED) is 0.172. The van der Waals surface area contributed by atoms with Crippen molar-refractivity contribution in [3.8, 4) is 68.5 Å². The molecule has 0 fully saturated rings. The molecular weight excluding hydrogens is 803 g/mol. The summed E-state index contributed by atoms with van der Waals surface area (Å²) < 4.78 is 24.5. The summed E-state index contributed by atoms with van der Waals surface area (Å²) in [6.07, 6.45) is 0. The van der Waals surface area contributed by atoms with Gasteiger partial charge in [0, 0.05) is 72.5 Å². The minimum atomic E-state index is 0.592. The summed E-state index contributed by atoms with van der Waals surface area (Å²) in [7, 11) is 0. The highest BCUT2D eigenvalue weighted by Crippen LogP contribution is 2.51. The second-order valence-electron chi connectivity index (χ2n) is 16.4. The Morgan fingerprint density at radius 2 is 0.754 bits per heavy atom. The largest absolute Gasteiger partial charge is 0.456 e. The third-order valence-electron chi connectivity index (χ3n) is 12.6. The van der Waals surface area contributed by atoms with Gasteiger partial charge in [0.2, 0.25) is 0 Å². The molecule has 1 aliphatic heterocycles. The van der Waals surface area contributed by atoms with E-state index in [0.717, 1.165) is 93.6 Å². The second-order valence-corrected chi connectivity index (χ2v) is 16.4. The average molecular weight is 836 g/mol. The van der Waals surface area contributed by atoms with Crippen LogP contribution in [0.25, 0.3) is 111 Å². The van der Waals surface area contributed by atoms with Crippen LogP contribution in [0, 0.1) is 0 Å². The number of furan rings is 1. The maximum Gasteiger partial charge on any atom is 0.172 e. The molecule has 0 aliphatic carbocycles. The average Bonchev–Trinajstić information content (AvgIpc) is 4.01. The van der Waals surface area contributed by atoms with Gasteiger partial charge >= 0.3 is 0 Å². The first-order valence-corrected chi connectivity index (χ1v) is 21.6. The van der Waals surface area contributed by atoms with Crippen LogP contribution in [-0.2, 0) is 0 Å². The molecule has 304 valence electrons. The van der Waals surface area contributed by atoms with Gasteiger partial charge in [0.15, 0.2) is 40.5 Å². The van der Waals surface area contributed by atoms with Crippen LogP contribution >= 0.6 is 0 Å². The molecule has 0 amide bonds. The summed E-state index contributed by atoms with van der Waals surface area (Å²) in [6.45, 7) is 0. The SMILES string of the molecule is c1ccc(-c2nc(-c3ccccc3)nc(-c3cccc(-n4c5ccccc5c5cc6c(cc54)Oc4cc5c7ccccc7n(-c7ccc8oc9ccccc9c8c7)c5cc4O6)c3)n2)cc1. The normalized spacial score (nSPS) is 12.2. The number of rotatable bonds is 5. The van der Waals surface area contributed by atoms with Gasteiger partial charge in [0.05, 0.1) is 22.1 Å². The minimum Gasteiger partial charge on any atom is -0.456 e. The molecule has 9 aromatic carbocycles. The van der Waals surface area contributed by atoms with E-state index in [9.17, 15) is 0 Å². The van der Waals surface area contributed by atoms with Crippen LogP contribution in [0.4, 0.5) is 0 Å². The Hall–Kier alpha value is -9.01. The van der Waals surface area contributed by atoms with E-state index in [2.05, 4.69) is 137 Å². The Labute approximate surface area is 370 Å². The maximum atomic E-state index is 6.86. The zero-order valence-electron chi connectivity index (χ0n) is 34.5. The molecule has 0 bridgehead atoms. The highest BCUT2D eigenvalue weighted by atomic mass is 16.6. The lowest BCUT2D eigenvalue weighted by molar-refractivity contribution is 0.361. The number of ether oxygens (including phenoxy) is 2. The van der Waals surface area contributed by atoms with Crippen molar-refractivity contribution in [3.05, 3.63) is 200 Å². The highest BCUT2D eigenvalue weighted by molar-refractivity contribution is 6.13. The van der Waals surface area contributed by atoms with Crippen LogP contribution < -0.4 is 9.47 Å². The number of para-hydroxylation sites is 3. The molecule has 0 unspecified atom stereocenters. The van der Waals surface area contributed by atoms with Gasteiger partial charge in [-0.05, 0) is 60.7 Å². The van der Waals surface area contributed by atoms with Gasteiger partial charge in [-0.15, -0.1) is 0 Å². The smallest absolute Gasteiger partial charge is 0.172 e. The van der Waals surface area contributed by atoms with E-state index in [-0.39, 0.29) is 0 Å². The van der Waals surface area contributed by atoms with Gasteiger partial charge in [0.1, 0.15) is 11.2 Å². The van der Waals surface area contributed by atoms with E-state index >= 15 is 0 Å². The lowest BCUT2D eigenvalue weighted by atomic mass is 10.1. The summed E-state index contributed by atoms with van der Waals surface area (Å²) in [4.78, 5) is 15.0. The molecule has 13 aromatic rings. The van der Waals surface area contributed by atoms with Gasteiger partial charge in [-0.3, -0.25) is 0 Å². The predicted octanol–water partition coefficient (Wildman–Crippen LogP) is 14.9. The maximum absolute atomic E-state index is 6.86. The van der Waals surface area contributed by atoms with E-state index in [1.54, 1.807) is 0 Å². The van der Waals surface area contributed by atoms with Crippen molar-refractivity contribution in [1.29, 1.82) is 0 Å². The Morgan fingerprint density at radius 1 is 0.292 bits per heavy atom. The standard InChI is InChI=1S/C57H33N5O3/c1-3-14-34(15-4-1)55-58-56(35-16-5-2-6-17-35)60-57(59-55)36-18-13-19-37(28-36)61-45-23-10-7-20-39(45)42-30-51-53(32-47(42)61)64-52-31-43-40-21-8-11-24-46(40)62(48(43)33-54(52)65-51)38-26-27-50-44(29-38)41-22-9-12-25-49(41)63-50/h1-33H. The van der Waals surface area contributed by atoms with Crippen molar-refractivity contribution in [2.75, 3.05) is 0 Å². The molecule has 65 heavy (non-hydrogen) atoms. The Kier molecular flexibility index (Phi) is 7.52. The first-order valence-electron chi connectivity index (χ1n) is 21.6. The fourth-order valence-corrected chi connectivity index (χ4v) is 9.64. The van der Waals surface area contributed by atoms with E-state index < -0.39 is 0 Å². The number of nitrogens with zero attached hydrogens (tertiary/aromatic N) is 5. The number of hydrogen-bond donors (Lipinski definition) is 0. The predicted molar refractivity (Wildman–Crippen MR) is 259 cm³/mol. The third kappa shape index (κ3) is 5.54. The van der Waals surface area contributed by atoms with Crippen molar-refractivity contribution < 1.29 is 13.9 Å². The van der Waals surface area contributed by atoms with E-state index in [1.807, 2.05) is 72.8 Å². The Bertz CT molecular complexity index is 4020. The van der Waals surface area contributed by atoms with Crippen molar-refractivity contribution in [1.82, 2.24) is 24.1 Å². The molecular formula is C57H33N5O3. The zero-order valence-corrected chi connectivity index (χ0v) is 34.5. The highest BCUT2D eigenvalue weighted by Gasteiger charge is 2.26. The molecule has 1 aliphatic rings. The second kappa shape index (κ2) is 13.7. The topological polar surface area (TPSA) is 80.1 Å². The van der Waals surface area contributed by atoms with Crippen molar-refractivity contribution in [2.24, 2.45) is 0 Å². The summed E-state index contributed by atoms with van der Waals surface area (Å²) in [5.74, 6) is 4.44. The molecule has 5 heterocycles. The van der Waals surface area contributed by atoms with Gasteiger partial charge in [-0.2, -0.15) is 0 Å². The van der Waals surface area contributed by atoms with Crippen LogP contribution in [0.1, 0.15) is 0 Å². The lowest BCUT2D eigenvalue weighted by Gasteiger charge is -2.21. The molecule has 8 heteroatoms. The van der Waals surface area contributed by atoms with Crippen molar-refractivity contribution in [2.45, 2.75) is 0 Å². The number of benzene rings is 9. The molecule has 8 nitrogen and oxygen atoms in total. The van der Waals surface area contributed by atoms with E-state index in [4.69, 9.17) is 28.8 Å². The fraction of sp³-hybridized carbons (Fsp3) is 0. The molecule has 0 N–H and O–H groups in total. The third-order valence-corrected chi connectivity index (χ3v) is 12.6. The minimum absolute atomic E-state index is 0.592. The Balaban J connectivity index is 0.900. The summed E-state index contributed by atoms with van der Waals surface area (Å²) >= 11 is 0. The van der Waals surface area contributed by atoms with Crippen LogP contribution in [0.3, 0.4) is 0 Å². The molecule has 0 radical (unpaired) electrons. The van der Waals surface area contributed by atoms with Gasteiger partial charge < -0.3 is 23.0 Å². The van der Waals surface area contributed by atoms with Crippen molar-refractivity contribution >= 4 is 65.6 Å². The van der Waals surface area contributed by atoms with Crippen molar-refractivity contribution in [3.63, 3.8) is 0 Å². The van der Waals surface area contributed by atoms with Crippen LogP contribution in [-0.4, -0.2) is 24.1 Å². The monoisotopic (exact) mass is 835 g/mol. The molecule has 0 atom stereocenters. The van der Waals surface area contributed by atoms with Gasteiger partial charge in [0.25, 0.3) is 0 Å². The molecule has 4 aromatic heterocycles. The first kappa shape index (κ1) is 35.6. The molecule has 0 spiro atoms. The zero-order chi connectivity index (χ0) is 42.6. The molecule has 14 rings (SSSR count). The number of aromatic nitrogens is 5. The van der Waals surface area contributed by atoms with Gasteiger partial charge in [-0.1, -0.05) is 127 Å². The van der Waals surface area contributed by atoms with E-state index in [0.29, 0.717) is 40.5 Å². The summed E-state index contributed by atoms with van der Waals surface area (Å²) in [5, 5.41) is 6.50. The number of hydrogen-bond acceptors (Lipinski definition) is 6. The summed E-state index contributed by atoms with van der Waals surface area (Å²) in [5.41, 5.74) is 10.6. The molecule has 0 saturated carbocycles. The molecule has 0 saturated heterocycles.